The quantitative estimate of drug-likeness (QED) is 0.161. The van der Waals surface area contributed by atoms with Crippen LogP contribution in [-0.4, -0.2) is 107 Å². The number of nitrogens with zero attached hydrogens (tertiary/aromatic N) is 5. The molecule has 18 heteroatoms. The summed E-state index contributed by atoms with van der Waals surface area (Å²) in [7, 11) is 11.5. The first-order valence-electron chi connectivity index (χ1n) is 17.6. The summed E-state index contributed by atoms with van der Waals surface area (Å²) in [4.78, 5) is 16.5. The monoisotopic (exact) mass is 915 g/mol. The molecule has 306 valence electrons. The van der Waals surface area contributed by atoms with Crippen LogP contribution in [0.2, 0.25) is 5.15 Å². The zero-order valence-corrected chi connectivity index (χ0v) is 39.3. The van der Waals surface area contributed by atoms with Gasteiger partial charge in [-0.15, -0.1) is 0 Å². The number of rotatable bonds is 8. The Bertz CT molecular complexity index is 1660. The van der Waals surface area contributed by atoms with E-state index in [1.165, 1.54) is 0 Å². The number of halogens is 3. The summed E-state index contributed by atoms with van der Waals surface area (Å²) in [5.74, 6) is 3.38. The first-order chi connectivity index (χ1) is 25.3. The number of anilines is 2. The predicted molar refractivity (Wildman–Crippen MR) is 229 cm³/mol. The second kappa shape index (κ2) is 20.4. The zero-order valence-electron chi connectivity index (χ0n) is 35.3. The Morgan fingerprint density at radius 1 is 0.600 bits per heavy atom. The van der Waals surface area contributed by atoms with Gasteiger partial charge in [0, 0.05) is 39.8 Å². The first-order valence-corrected chi connectivity index (χ1v) is 19.6. The highest BCUT2D eigenvalue weighted by Crippen LogP contribution is 2.38. The molecule has 0 radical (unpaired) electrons. The van der Waals surface area contributed by atoms with Crippen LogP contribution in [0.4, 0.5) is 11.6 Å². The Balaban J connectivity index is 0.000000263. The number of pyridine rings is 3. The van der Waals surface area contributed by atoms with Crippen LogP contribution in [0.15, 0.2) is 45.3 Å². The van der Waals surface area contributed by atoms with Gasteiger partial charge in [-0.3, -0.25) is 0 Å². The van der Waals surface area contributed by atoms with Crippen molar-refractivity contribution in [3.8, 4) is 17.6 Å². The number of hydrogen-bond acceptors (Lipinski definition) is 13. The minimum absolute atomic E-state index is 0.120. The third-order valence-electron chi connectivity index (χ3n) is 9.07. The van der Waals surface area contributed by atoms with Gasteiger partial charge < -0.3 is 47.3 Å². The molecule has 0 spiro atoms. The fourth-order valence-electron chi connectivity index (χ4n) is 4.42. The Hall–Kier alpha value is -2.37. The van der Waals surface area contributed by atoms with E-state index in [-0.39, 0.29) is 28.5 Å². The van der Waals surface area contributed by atoms with Gasteiger partial charge in [0.15, 0.2) is 0 Å². The Morgan fingerprint density at radius 2 is 0.982 bits per heavy atom. The van der Waals surface area contributed by atoms with E-state index < -0.39 is 14.4 Å². The maximum Gasteiger partial charge on any atom is 0.640 e. The van der Waals surface area contributed by atoms with Crippen LogP contribution in [0, 0.1) is 0 Å². The van der Waals surface area contributed by atoms with Crippen LogP contribution in [0.5, 0.6) is 17.6 Å². The van der Waals surface area contributed by atoms with E-state index >= 15 is 0 Å². The van der Waals surface area contributed by atoms with E-state index in [2.05, 4.69) is 46.8 Å². The van der Waals surface area contributed by atoms with Gasteiger partial charge in [-0.1, -0.05) is 17.7 Å². The van der Waals surface area contributed by atoms with E-state index in [4.69, 9.17) is 49.1 Å². The van der Waals surface area contributed by atoms with Gasteiger partial charge in [0.25, 0.3) is 0 Å². The van der Waals surface area contributed by atoms with Gasteiger partial charge in [0.2, 0.25) is 17.6 Å². The SMILES string of the molecule is CC(C)OB1OC(C)(C)C(C)(C)O1.COc1nc(Cl)ccc1Br.COc1nc(N(C)C)ccc1B1OC(C)(C)C(C)(C)O1.COc1nc(N(C)C)ccc1Br. The lowest BCUT2D eigenvalue weighted by Crippen LogP contribution is -2.41. The molecule has 5 heterocycles. The molecule has 5 rings (SSSR count). The van der Waals surface area contributed by atoms with Crippen molar-refractivity contribution in [2.75, 3.05) is 59.3 Å². The Morgan fingerprint density at radius 3 is 1.38 bits per heavy atom. The lowest BCUT2D eigenvalue weighted by Gasteiger charge is -2.32. The summed E-state index contributed by atoms with van der Waals surface area (Å²) in [6.45, 7) is 20.1. The largest absolute Gasteiger partial charge is 0.640 e. The molecule has 2 saturated heterocycles. The molecule has 0 aromatic carbocycles. The fraction of sp³-hybridized carbons (Fsp3) is 0.595. The molecule has 2 fully saturated rings. The van der Waals surface area contributed by atoms with Crippen molar-refractivity contribution >= 4 is 75.0 Å². The van der Waals surface area contributed by atoms with Gasteiger partial charge in [0.05, 0.1) is 52.7 Å². The average molecular weight is 918 g/mol. The number of methoxy groups -OCH3 is 3. The van der Waals surface area contributed by atoms with Crippen LogP contribution < -0.4 is 29.5 Å². The van der Waals surface area contributed by atoms with Crippen LogP contribution in [-0.2, 0) is 23.3 Å². The molecule has 0 bridgehead atoms. The summed E-state index contributed by atoms with van der Waals surface area (Å²) in [6, 6.07) is 11.2. The second-order valence-electron chi connectivity index (χ2n) is 15.2. The molecule has 3 aromatic rings. The molecule has 0 atom stereocenters. The minimum Gasteiger partial charge on any atom is -0.481 e. The topological polar surface area (TPSA) is 119 Å². The molecule has 0 saturated carbocycles. The van der Waals surface area contributed by atoms with E-state index in [1.54, 1.807) is 33.5 Å². The van der Waals surface area contributed by atoms with Crippen molar-refractivity contribution < 1.29 is 37.5 Å². The predicted octanol–water partition coefficient (Wildman–Crippen LogP) is 7.88. The lowest BCUT2D eigenvalue weighted by atomic mass is 9.79. The fourth-order valence-corrected chi connectivity index (χ4v) is 5.33. The normalized spacial score (nSPS) is 17.2. The standard InChI is InChI=1S/C14H23BN2O3.C9H19BO3.C8H11BrN2O.C6H5BrClNO/c1-13(2)14(3,4)20-15(19-13)10-8-9-11(17(5)6)16-12(10)18-7;1-7(2)11-10-12-8(3,4)9(5,6)13-10;1-11(2)7-5-4-6(9)8(10-7)12-3;1-10-6-4(7)2-3-5(8)9-6/h8-9H,1-7H3;7H,1-6H3;4-5H,1-3H3;2-3H,1H3. The molecule has 2 aliphatic heterocycles. The second-order valence-corrected chi connectivity index (χ2v) is 17.3. The third kappa shape index (κ3) is 13.6. The van der Waals surface area contributed by atoms with Crippen molar-refractivity contribution in [2.45, 2.75) is 97.7 Å². The smallest absolute Gasteiger partial charge is 0.481 e. The highest BCUT2D eigenvalue weighted by atomic mass is 79.9. The molecule has 3 aromatic heterocycles. The highest BCUT2D eigenvalue weighted by Gasteiger charge is 2.54. The van der Waals surface area contributed by atoms with Gasteiger partial charge in [-0.2, -0.15) is 9.97 Å². The summed E-state index contributed by atoms with van der Waals surface area (Å²) in [6.07, 6.45) is 0.120. The van der Waals surface area contributed by atoms with Gasteiger partial charge in [-0.25, -0.2) is 4.98 Å². The van der Waals surface area contributed by atoms with Crippen LogP contribution in [0.25, 0.3) is 0 Å². The molecule has 2 aliphatic rings. The van der Waals surface area contributed by atoms with E-state index in [9.17, 15) is 0 Å². The van der Waals surface area contributed by atoms with Crippen LogP contribution >= 0.6 is 43.5 Å². The van der Waals surface area contributed by atoms with E-state index in [1.807, 2.05) is 131 Å². The maximum atomic E-state index is 6.04. The van der Waals surface area contributed by atoms with Gasteiger partial charge in [0.1, 0.15) is 16.8 Å². The molecule has 0 N–H and O–H groups in total. The molecule has 13 nitrogen and oxygen atoms in total. The number of ether oxygens (including phenoxy) is 3. The summed E-state index contributed by atoms with van der Waals surface area (Å²) < 4.78 is 45.8. The van der Waals surface area contributed by atoms with Crippen molar-refractivity contribution in [3.05, 3.63) is 50.5 Å². The molecule has 0 unspecified atom stereocenters. The van der Waals surface area contributed by atoms with E-state index in [0.717, 1.165) is 26.0 Å². The zero-order chi connectivity index (χ0) is 42.1. The summed E-state index contributed by atoms with van der Waals surface area (Å²) in [5, 5.41) is 0.431. The third-order valence-corrected chi connectivity index (χ3v) is 10.5. The molecule has 0 aliphatic carbocycles. The van der Waals surface area contributed by atoms with Gasteiger partial charge >= 0.3 is 14.4 Å². The van der Waals surface area contributed by atoms with Crippen LogP contribution in [0.3, 0.4) is 0 Å². The maximum absolute atomic E-state index is 6.04. The van der Waals surface area contributed by atoms with Crippen molar-refractivity contribution in [3.63, 3.8) is 0 Å². The Kier molecular flexibility index (Phi) is 18.1. The molecule has 55 heavy (non-hydrogen) atoms. The Labute approximate surface area is 351 Å². The van der Waals surface area contributed by atoms with Crippen LogP contribution in [0.1, 0.15) is 69.2 Å². The number of hydrogen-bond donors (Lipinski definition) is 0. The first kappa shape index (κ1) is 48.8. The molecular formula is C37H58B2Br2ClN5O8. The van der Waals surface area contributed by atoms with E-state index in [0.29, 0.717) is 22.8 Å². The molecule has 0 amide bonds. The highest BCUT2D eigenvalue weighted by molar-refractivity contribution is 9.10. The minimum atomic E-state index is -0.523. The lowest BCUT2D eigenvalue weighted by molar-refractivity contribution is 0.00578. The summed E-state index contributed by atoms with van der Waals surface area (Å²) >= 11 is 12.2. The summed E-state index contributed by atoms with van der Waals surface area (Å²) in [5.41, 5.74) is -0.526. The molecular weight excluding hydrogens is 859 g/mol. The van der Waals surface area contributed by atoms with Gasteiger partial charge in [-0.05, 0) is 131 Å². The average Bonchev–Trinajstić information content (AvgIpc) is 3.43. The van der Waals surface area contributed by atoms with Crippen molar-refractivity contribution in [1.29, 1.82) is 0 Å². The van der Waals surface area contributed by atoms with Crippen molar-refractivity contribution in [2.24, 2.45) is 0 Å². The van der Waals surface area contributed by atoms with Crippen molar-refractivity contribution in [1.82, 2.24) is 15.0 Å². The number of aromatic nitrogens is 3.